The Labute approximate surface area is 365 Å². The van der Waals surface area contributed by atoms with E-state index in [1.807, 2.05) is 6.07 Å². The van der Waals surface area contributed by atoms with Crippen LogP contribution in [0, 0.1) is 0 Å². The molecule has 0 aliphatic carbocycles. The number of rotatable bonds is 7. The Morgan fingerprint density at radius 3 is 1.56 bits per heavy atom. The molecule has 0 fully saturated rings. The largest absolute Gasteiger partial charge is 0.309 e. The third kappa shape index (κ3) is 6.53. The summed E-state index contributed by atoms with van der Waals surface area (Å²) >= 11 is 0. The summed E-state index contributed by atoms with van der Waals surface area (Å²) < 4.78 is 2.43. The molecule has 63 heavy (non-hydrogen) atoms. The van der Waals surface area contributed by atoms with Gasteiger partial charge in [-0.25, -0.2) is 15.0 Å². The van der Waals surface area contributed by atoms with E-state index in [1.165, 1.54) is 27.1 Å². The summed E-state index contributed by atoms with van der Waals surface area (Å²) in [6.07, 6.45) is 0. The van der Waals surface area contributed by atoms with Crippen LogP contribution in [0.15, 0.2) is 231 Å². The van der Waals surface area contributed by atoms with Crippen molar-refractivity contribution in [2.24, 2.45) is 0 Å². The monoisotopic (exact) mass is 802 g/mol. The Morgan fingerprint density at radius 1 is 0.254 bits per heavy atom. The van der Waals surface area contributed by atoms with Crippen LogP contribution in [0.1, 0.15) is 0 Å². The summed E-state index contributed by atoms with van der Waals surface area (Å²) in [7, 11) is 0. The van der Waals surface area contributed by atoms with Gasteiger partial charge in [0.25, 0.3) is 0 Å². The number of benzene rings is 10. The highest BCUT2D eigenvalue weighted by Gasteiger charge is 2.20. The number of aromatic nitrogens is 4. The predicted molar refractivity (Wildman–Crippen MR) is 262 cm³/mol. The first-order valence-corrected chi connectivity index (χ1v) is 21.3. The van der Waals surface area contributed by atoms with Crippen LogP contribution < -0.4 is 0 Å². The second-order valence-electron chi connectivity index (χ2n) is 16.0. The van der Waals surface area contributed by atoms with Gasteiger partial charge in [-0.1, -0.05) is 188 Å². The lowest BCUT2D eigenvalue weighted by Crippen LogP contribution is -2.02. The lowest BCUT2D eigenvalue weighted by molar-refractivity contribution is 1.07. The summed E-state index contributed by atoms with van der Waals surface area (Å²) in [6, 6.07) is 81.9. The molecule has 0 aliphatic rings. The molecule has 0 spiro atoms. The van der Waals surface area contributed by atoms with Crippen LogP contribution in [0.4, 0.5) is 0 Å². The first kappa shape index (κ1) is 36.4. The van der Waals surface area contributed by atoms with Crippen molar-refractivity contribution in [3.63, 3.8) is 0 Å². The van der Waals surface area contributed by atoms with Crippen molar-refractivity contribution < 1.29 is 0 Å². The fourth-order valence-corrected chi connectivity index (χ4v) is 9.13. The van der Waals surface area contributed by atoms with E-state index in [2.05, 4.69) is 229 Å². The van der Waals surface area contributed by atoms with E-state index < -0.39 is 0 Å². The minimum absolute atomic E-state index is 0.607. The molecule has 2 heterocycles. The van der Waals surface area contributed by atoms with Gasteiger partial charge in [-0.3, -0.25) is 0 Å². The molecule has 0 atom stereocenters. The lowest BCUT2D eigenvalue weighted by Gasteiger charge is -2.17. The number of fused-ring (bicyclic) bond motifs is 5. The second kappa shape index (κ2) is 15.2. The first-order valence-electron chi connectivity index (χ1n) is 21.3. The summed E-state index contributed by atoms with van der Waals surface area (Å²) in [5, 5.41) is 7.09. The SMILES string of the molecule is c1ccc(-c2ccc(-c3nc(-c4ccc(-n5c6ccccc6c6cc7ccccc7cc65)c(-c5cccc(-c6ccccc6)c5)c4)nc(-c4cccc5ccccc45)n3)cc2)cc1. The third-order valence-electron chi connectivity index (χ3n) is 12.2. The average molecular weight is 803 g/mol. The van der Waals surface area contributed by atoms with Crippen molar-refractivity contribution in [1.82, 2.24) is 19.5 Å². The lowest BCUT2D eigenvalue weighted by atomic mass is 9.96. The minimum Gasteiger partial charge on any atom is -0.309 e. The first-order chi connectivity index (χ1) is 31.2. The van der Waals surface area contributed by atoms with Crippen LogP contribution in [0.25, 0.3) is 117 Å². The van der Waals surface area contributed by atoms with Crippen molar-refractivity contribution in [3.8, 4) is 73.2 Å². The fraction of sp³-hybridized carbons (Fsp3) is 0. The highest BCUT2D eigenvalue weighted by atomic mass is 15.0. The number of hydrogen-bond donors (Lipinski definition) is 0. The van der Waals surface area contributed by atoms with Gasteiger partial charge in [0.2, 0.25) is 0 Å². The van der Waals surface area contributed by atoms with Gasteiger partial charge in [-0.15, -0.1) is 0 Å². The quantitative estimate of drug-likeness (QED) is 0.161. The Balaban J connectivity index is 1.10. The molecule has 0 saturated carbocycles. The normalized spacial score (nSPS) is 11.5. The maximum Gasteiger partial charge on any atom is 0.164 e. The molecule has 0 unspecified atom stereocenters. The van der Waals surface area contributed by atoms with Crippen molar-refractivity contribution >= 4 is 43.4 Å². The van der Waals surface area contributed by atoms with Gasteiger partial charge in [0.15, 0.2) is 17.5 Å². The smallest absolute Gasteiger partial charge is 0.164 e. The summed E-state index contributed by atoms with van der Waals surface area (Å²) in [5.41, 5.74) is 12.9. The average Bonchev–Trinajstić information content (AvgIpc) is 3.68. The molecule has 0 saturated heterocycles. The molecule has 12 aromatic rings. The Kier molecular flexibility index (Phi) is 8.79. The van der Waals surface area contributed by atoms with Crippen molar-refractivity contribution in [3.05, 3.63) is 231 Å². The molecule has 0 bridgehead atoms. The van der Waals surface area contributed by atoms with Crippen LogP contribution in [0.3, 0.4) is 0 Å². The van der Waals surface area contributed by atoms with E-state index in [0.717, 1.165) is 72.0 Å². The van der Waals surface area contributed by atoms with Gasteiger partial charge in [0.05, 0.1) is 16.7 Å². The van der Waals surface area contributed by atoms with E-state index >= 15 is 0 Å². The van der Waals surface area contributed by atoms with Gasteiger partial charge in [0, 0.05) is 33.0 Å². The summed E-state index contributed by atoms with van der Waals surface area (Å²) in [4.78, 5) is 15.8. The van der Waals surface area contributed by atoms with E-state index in [4.69, 9.17) is 15.0 Å². The van der Waals surface area contributed by atoms with Gasteiger partial charge in [-0.05, 0) is 91.8 Å². The van der Waals surface area contributed by atoms with Crippen LogP contribution in [-0.4, -0.2) is 19.5 Å². The molecule has 0 radical (unpaired) electrons. The molecule has 10 aromatic carbocycles. The molecule has 12 rings (SSSR count). The summed E-state index contributed by atoms with van der Waals surface area (Å²) in [5.74, 6) is 1.86. The van der Waals surface area contributed by atoms with E-state index in [1.54, 1.807) is 0 Å². The molecule has 4 heteroatoms. The topological polar surface area (TPSA) is 43.6 Å². The molecule has 2 aromatic heterocycles. The standard InChI is InChI=1S/C59H38N4/c1-3-15-39(16-4-1)41-29-31-43(32-30-41)57-60-58(62-59(61-57)51-27-14-22-42-19-9-10-25-49(42)51)48-33-34-55(52(37-48)47-24-13-23-44(35-47)40-17-5-2-6-18-40)63-54-28-12-11-26-50(54)53-36-45-20-7-8-21-46(45)38-56(53)63/h1-38H. The molecule has 294 valence electrons. The van der Waals surface area contributed by atoms with Gasteiger partial charge >= 0.3 is 0 Å². The van der Waals surface area contributed by atoms with Crippen molar-refractivity contribution in [1.29, 1.82) is 0 Å². The Hall–Kier alpha value is -8.47. The maximum absolute atomic E-state index is 5.31. The van der Waals surface area contributed by atoms with Crippen LogP contribution in [0.2, 0.25) is 0 Å². The number of para-hydroxylation sites is 1. The third-order valence-corrected chi connectivity index (χ3v) is 12.2. The zero-order valence-corrected chi connectivity index (χ0v) is 34.2. The van der Waals surface area contributed by atoms with Crippen LogP contribution in [-0.2, 0) is 0 Å². The van der Waals surface area contributed by atoms with Gasteiger partial charge in [0.1, 0.15) is 0 Å². The molecular formula is C59H38N4. The molecular weight excluding hydrogens is 765 g/mol. The van der Waals surface area contributed by atoms with Crippen molar-refractivity contribution in [2.45, 2.75) is 0 Å². The minimum atomic E-state index is 0.607. The van der Waals surface area contributed by atoms with E-state index in [9.17, 15) is 0 Å². The molecule has 0 N–H and O–H groups in total. The van der Waals surface area contributed by atoms with Crippen molar-refractivity contribution in [2.75, 3.05) is 0 Å². The summed E-state index contributed by atoms with van der Waals surface area (Å²) in [6.45, 7) is 0. The molecule has 0 amide bonds. The Morgan fingerprint density at radius 2 is 0.778 bits per heavy atom. The van der Waals surface area contributed by atoms with Crippen LogP contribution >= 0.6 is 0 Å². The molecule has 0 aliphatic heterocycles. The number of hydrogen-bond acceptors (Lipinski definition) is 3. The van der Waals surface area contributed by atoms with E-state index in [-0.39, 0.29) is 0 Å². The molecule has 4 nitrogen and oxygen atoms in total. The fourth-order valence-electron chi connectivity index (χ4n) is 9.13. The Bertz CT molecular complexity index is 3660. The zero-order valence-electron chi connectivity index (χ0n) is 34.2. The highest BCUT2D eigenvalue weighted by molar-refractivity contribution is 6.14. The van der Waals surface area contributed by atoms with Gasteiger partial charge in [-0.2, -0.15) is 0 Å². The number of nitrogens with zero attached hydrogens (tertiary/aromatic N) is 4. The predicted octanol–water partition coefficient (Wildman–Crippen LogP) is 15.3. The maximum atomic E-state index is 5.31. The highest BCUT2D eigenvalue weighted by Crippen LogP contribution is 2.41. The second-order valence-corrected chi connectivity index (χ2v) is 16.0. The van der Waals surface area contributed by atoms with Gasteiger partial charge < -0.3 is 4.57 Å². The van der Waals surface area contributed by atoms with E-state index in [0.29, 0.717) is 17.5 Å². The zero-order chi connectivity index (χ0) is 41.7. The van der Waals surface area contributed by atoms with Crippen LogP contribution in [0.5, 0.6) is 0 Å².